The standard InChI is InChI=1S/C30H34ClF2N3O5/c1-40-29(38)20-4-7-24(8-5-20)41-17-23-14-22(33)16-36(23)28(37)13-18-2-9-26(25(31)12-18)34-30(39)35-11-10-19-3-6-21(32)15-27(19)35/h2-3,6,9,12,15,20,22-24H,4-5,7-8,10-11,13-14,16-17H2,1H3,(H,34,39)/t20?,22-,23-,24?/m0/s1. The van der Waals surface area contributed by atoms with E-state index in [-0.39, 0.29) is 61.0 Å². The topological polar surface area (TPSA) is 88.2 Å². The Bertz CT molecular complexity index is 1300. The van der Waals surface area contributed by atoms with Gasteiger partial charge in [0.1, 0.15) is 12.0 Å². The molecule has 0 radical (unpaired) electrons. The predicted molar refractivity (Wildman–Crippen MR) is 150 cm³/mol. The fourth-order valence-electron chi connectivity index (χ4n) is 5.99. The number of fused-ring (bicyclic) bond motifs is 1. The Kier molecular flexibility index (Phi) is 9.09. The van der Waals surface area contributed by atoms with Crippen LogP contribution >= 0.6 is 11.6 Å². The molecule has 2 heterocycles. The number of benzene rings is 2. The summed E-state index contributed by atoms with van der Waals surface area (Å²) in [6, 6.07) is 8.54. The van der Waals surface area contributed by atoms with Crippen LogP contribution in [-0.4, -0.2) is 67.9 Å². The molecule has 1 N–H and O–H groups in total. The molecule has 11 heteroatoms. The molecule has 0 bridgehead atoms. The Hall–Kier alpha value is -3.24. The summed E-state index contributed by atoms with van der Waals surface area (Å²) in [6.45, 7) is 0.691. The maximum Gasteiger partial charge on any atom is 0.326 e. The first-order chi connectivity index (χ1) is 19.7. The van der Waals surface area contributed by atoms with Crippen LogP contribution in [0.4, 0.5) is 25.0 Å². The second kappa shape index (κ2) is 12.7. The van der Waals surface area contributed by atoms with Gasteiger partial charge in [0.2, 0.25) is 5.91 Å². The number of nitrogens with zero attached hydrogens (tertiary/aromatic N) is 2. The monoisotopic (exact) mass is 589 g/mol. The Balaban J connectivity index is 1.14. The van der Waals surface area contributed by atoms with Gasteiger partial charge in [-0.3, -0.25) is 14.5 Å². The van der Waals surface area contributed by atoms with Crippen LogP contribution in [0.15, 0.2) is 36.4 Å². The molecule has 3 aliphatic rings. The van der Waals surface area contributed by atoms with Crippen LogP contribution in [0, 0.1) is 11.7 Å². The summed E-state index contributed by atoms with van der Waals surface area (Å²) in [5, 5.41) is 3.03. The van der Waals surface area contributed by atoms with E-state index in [0.29, 0.717) is 42.7 Å². The number of hydrogen-bond acceptors (Lipinski definition) is 5. The van der Waals surface area contributed by atoms with Gasteiger partial charge in [-0.15, -0.1) is 0 Å². The lowest BCUT2D eigenvalue weighted by Crippen LogP contribution is -2.40. The van der Waals surface area contributed by atoms with Gasteiger partial charge in [-0.1, -0.05) is 23.7 Å². The molecule has 8 nitrogen and oxygen atoms in total. The fraction of sp³-hybridized carbons (Fsp3) is 0.500. The van der Waals surface area contributed by atoms with E-state index >= 15 is 0 Å². The fourth-order valence-corrected chi connectivity index (χ4v) is 6.24. The van der Waals surface area contributed by atoms with Crippen molar-refractivity contribution in [3.05, 3.63) is 58.4 Å². The number of amides is 3. The third-order valence-electron chi connectivity index (χ3n) is 8.24. The number of nitrogens with one attached hydrogen (secondary N) is 1. The molecule has 2 aromatic carbocycles. The molecular formula is C30H34ClF2N3O5. The van der Waals surface area contributed by atoms with Crippen molar-refractivity contribution < 1.29 is 32.6 Å². The Morgan fingerprint density at radius 2 is 1.88 bits per heavy atom. The average molecular weight is 590 g/mol. The second-order valence-corrected chi connectivity index (χ2v) is 11.4. The minimum atomic E-state index is -1.12. The molecule has 0 aromatic heterocycles. The summed E-state index contributed by atoms with van der Waals surface area (Å²) in [4.78, 5) is 40.8. The highest BCUT2D eigenvalue weighted by Crippen LogP contribution is 2.32. The summed E-state index contributed by atoms with van der Waals surface area (Å²) in [5.41, 5.74) is 2.43. The van der Waals surface area contributed by atoms with Gasteiger partial charge in [-0.25, -0.2) is 13.6 Å². The van der Waals surface area contributed by atoms with Crippen molar-refractivity contribution in [2.45, 2.75) is 63.3 Å². The molecule has 0 unspecified atom stereocenters. The van der Waals surface area contributed by atoms with Gasteiger partial charge in [0.15, 0.2) is 0 Å². The van der Waals surface area contributed by atoms with Crippen LogP contribution in [-0.2, 0) is 31.9 Å². The average Bonchev–Trinajstić information content (AvgIpc) is 3.56. The zero-order valence-electron chi connectivity index (χ0n) is 22.9. The highest BCUT2D eigenvalue weighted by molar-refractivity contribution is 6.34. The van der Waals surface area contributed by atoms with E-state index in [1.54, 1.807) is 24.3 Å². The molecule has 2 aliphatic heterocycles. The van der Waals surface area contributed by atoms with Gasteiger partial charge in [-0.05, 0) is 67.5 Å². The molecule has 1 saturated heterocycles. The zero-order chi connectivity index (χ0) is 29.1. The van der Waals surface area contributed by atoms with Gasteiger partial charge < -0.3 is 19.7 Å². The maximum atomic E-state index is 14.4. The van der Waals surface area contributed by atoms with E-state index in [0.717, 1.165) is 18.4 Å². The van der Waals surface area contributed by atoms with E-state index in [2.05, 4.69) is 5.32 Å². The molecule has 2 aromatic rings. The molecule has 2 atom stereocenters. The molecule has 2 fully saturated rings. The van der Waals surface area contributed by atoms with Crippen molar-refractivity contribution in [3.63, 3.8) is 0 Å². The van der Waals surface area contributed by atoms with Crippen LogP contribution in [0.2, 0.25) is 5.02 Å². The third kappa shape index (κ3) is 6.81. The number of hydrogen-bond donors (Lipinski definition) is 1. The quantitative estimate of drug-likeness (QED) is 0.443. The number of carbonyl (C=O) groups is 3. The number of alkyl halides is 1. The van der Waals surface area contributed by atoms with Crippen molar-refractivity contribution in [3.8, 4) is 0 Å². The minimum Gasteiger partial charge on any atom is -0.469 e. The predicted octanol–water partition coefficient (Wildman–Crippen LogP) is 5.30. The van der Waals surface area contributed by atoms with Crippen LogP contribution < -0.4 is 10.2 Å². The van der Waals surface area contributed by atoms with Crippen molar-refractivity contribution >= 4 is 40.9 Å². The molecule has 41 heavy (non-hydrogen) atoms. The number of halogens is 3. The van der Waals surface area contributed by atoms with Crippen molar-refractivity contribution in [2.75, 3.05) is 37.0 Å². The molecule has 3 amide bonds. The summed E-state index contributed by atoms with van der Waals surface area (Å²) in [6.07, 6.45) is 2.57. The first-order valence-corrected chi connectivity index (χ1v) is 14.4. The first-order valence-electron chi connectivity index (χ1n) is 14.0. The van der Waals surface area contributed by atoms with Gasteiger partial charge in [-0.2, -0.15) is 0 Å². The normalized spacial score (nSPS) is 23.8. The van der Waals surface area contributed by atoms with Crippen molar-refractivity contribution in [1.82, 2.24) is 4.90 Å². The molecular weight excluding hydrogens is 556 g/mol. The van der Waals surface area contributed by atoms with Gasteiger partial charge >= 0.3 is 12.0 Å². The number of ether oxygens (including phenoxy) is 2. The number of likely N-dealkylation sites (tertiary alicyclic amines) is 1. The van der Waals surface area contributed by atoms with Gasteiger partial charge in [0.25, 0.3) is 0 Å². The van der Waals surface area contributed by atoms with E-state index in [9.17, 15) is 23.2 Å². The zero-order valence-corrected chi connectivity index (χ0v) is 23.7. The summed E-state index contributed by atoms with van der Waals surface area (Å²) in [5.74, 6) is -0.936. The van der Waals surface area contributed by atoms with Gasteiger partial charge in [0.05, 0.1) is 61.1 Å². The SMILES string of the molecule is COC(=O)C1CCC(OC[C@@H]2C[C@H](F)CN2C(=O)Cc2ccc(NC(=O)N3CCc4ccc(F)cc43)c(Cl)c2)CC1. The molecule has 0 spiro atoms. The van der Waals surface area contributed by atoms with E-state index in [1.165, 1.54) is 29.0 Å². The second-order valence-electron chi connectivity index (χ2n) is 11.0. The first kappa shape index (κ1) is 29.3. The number of methoxy groups -OCH3 is 1. The van der Waals surface area contributed by atoms with Crippen LogP contribution in [0.1, 0.15) is 43.2 Å². The van der Waals surface area contributed by atoms with Crippen LogP contribution in [0.25, 0.3) is 0 Å². The van der Waals surface area contributed by atoms with Gasteiger partial charge in [0, 0.05) is 13.0 Å². The highest BCUT2D eigenvalue weighted by atomic mass is 35.5. The smallest absolute Gasteiger partial charge is 0.326 e. The lowest BCUT2D eigenvalue weighted by molar-refractivity contribution is -0.148. The summed E-state index contributed by atoms with van der Waals surface area (Å²) >= 11 is 6.45. The minimum absolute atomic E-state index is 0.0156. The summed E-state index contributed by atoms with van der Waals surface area (Å²) < 4.78 is 39.0. The Morgan fingerprint density at radius 1 is 1.10 bits per heavy atom. The number of esters is 1. The molecule has 1 saturated carbocycles. The number of urea groups is 1. The maximum absolute atomic E-state index is 14.4. The highest BCUT2D eigenvalue weighted by Gasteiger charge is 2.36. The Morgan fingerprint density at radius 3 is 2.61 bits per heavy atom. The third-order valence-corrected chi connectivity index (χ3v) is 8.55. The summed E-state index contributed by atoms with van der Waals surface area (Å²) in [7, 11) is 1.39. The largest absolute Gasteiger partial charge is 0.469 e. The lowest BCUT2D eigenvalue weighted by Gasteiger charge is -2.30. The lowest BCUT2D eigenvalue weighted by atomic mass is 9.87. The Labute approximate surface area is 242 Å². The number of anilines is 2. The van der Waals surface area contributed by atoms with E-state index in [1.807, 2.05) is 0 Å². The number of carbonyl (C=O) groups excluding carboxylic acids is 3. The van der Waals surface area contributed by atoms with Crippen LogP contribution in [0.3, 0.4) is 0 Å². The molecule has 5 rings (SSSR count). The van der Waals surface area contributed by atoms with Crippen molar-refractivity contribution in [1.29, 1.82) is 0 Å². The van der Waals surface area contributed by atoms with Crippen LogP contribution in [0.5, 0.6) is 0 Å². The van der Waals surface area contributed by atoms with E-state index < -0.39 is 18.0 Å². The molecule has 220 valence electrons. The van der Waals surface area contributed by atoms with E-state index in [4.69, 9.17) is 21.1 Å². The van der Waals surface area contributed by atoms with Crippen molar-refractivity contribution in [2.24, 2.45) is 5.92 Å². The molecule has 1 aliphatic carbocycles. The number of rotatable bonds is 7.